The summed E-state index contributed by atoms with van der Waals surface area (Å²) in [7, 11) is 2.00. The maximum atomic E-state index is 14.1. The van der Waals surface area contributed by atoms with Crippen molar-refractivity contribution < 1.29 is 41.7 Å². The van der Waals surface area contributed by atoms with Crippen LogP contribution in [0.2, 0.25) is 0 Å². The zero-order valence-electron chi connectivity index (χ0n) is 31.3. The summed E-state index contributed by atoms with van der Waals surface area (Å²) in [5.41, 5.74) is 7.83. The van der Waals surface area contributed by atoms with Crippen molar-refractivity contribution in [2.75, 3.05) is 105 Å². The number of carbonyl (C=O) groups is 1. The van der Waals surface area contributed by atoms with Crippen LogP contribution in [0.3, 0.4) is 0 Å². The zero-order chi connectivity index (χ0) is 39.0. The number of hydrogen-bond donors (Lipinski definition) is 2. The molecule has 5 rings (SSSR count). The lowest BCUT2D eigenvalue weighted by atomic mass is 10.0. The molecule has 15 heteroatoms. The van der Waals surface area contributed by atoms with E-state index in [1.54, 1.807) is 30.5 Å². The Morgan fingerprint density at radius 3 is 2.20 bits per heavy atom. The SMILES string of the molecule is Cc1ccc(C(=O)Nc2ccc(CN3CCN(C)CC3)c(C(F)(F)F)c2)cc1C#Cc1cnc2cc(OCCOCCOCCOCCOCCN)ccn12. The second-order valence-electron chi connectivity index (χ2n) is 13.0. The van der Waals surface area contributed by atoms with Crippen molar-refractivity contribution in [2.24, 2.45) is 5.73 Å². The first-order chi connectivity index (χ1) is 26.6. The van der Waals surface area contributed by atoms with Gasteiger partial charge in [-0.2, -0.15) is 13.2 Å². The molecule has 0 aliphatic carbocycles. The number of halogens is 3. The fourth-order valence-corrected chi connectivity index (χ4v) is 5.74. The molecule has 0 spiro atoms. The molecule has 2 aromatic heterocycles. The molecule has 1 amide bonds. The standard InChI is InChI=1S/C40H49F3N6O6/c1-30-3-4-32(39(50)46-34-7-5-33(37(26-34)40(41,42)43)29-48-14-12-47(2)13-15-48)25-31(30)6-8-35-28-45-38-27-36(9-11-49(35)38)55-24-23-54-22-21-53-20-19-52-18-17-51-16-10-44/h3-5,7,9,11,25-28H,10,12-24,29,44H2,1-2H3,(H,46,50). The summed E-state index contributed by atoms with van der Waals surface area (Å²) < 4.78 is 71.6. The lowest BCUT2D eigenvalue weighted by Crippen LogP contribution is -2.44. The maximum Gasteiger partial charge on any atom is 0.416 e. The van der Waals surface area contributed by atoms with Crippen LogP contribution in [0.25, 0.3) is 5.65 Å². The van der Waals surface area contributed by atoms with E-state index in [2.05, 4.69) is 27.0 Å². The Morgan fingerprint density at radius 2 is 1.53 bits per heavy atom. The molecule has 0 atom stereocenters. The molecule has 0 unspecified atom stereocenters. The first-order valence-electron chi connectivity index (χ1n) is 18.3. The van der Waals surface area contributed by atoms with Crippen LogP contribution in [0.5, 0.6) is 5.75 Å². The smallest absolute Gasteiger partial charge is 0.416 e. The molecule has 3 heterocycles. The van der Waals surface area contributed by atoms with Crippen molar-refractivity contribution in [2.45, 2.75) is 19.6 Å². The Hall–Kier alpha value is -4.53. The van der Waals surface area contributed by atoms with E-state index < -0.39 is 17.6 Å². The van der Waals surface area contributed by atoms with Crippen molar-refractivity contribution in [1.29, 1.82) is 0 Å². The van der Waals surface area contributed by atoms with Gasteiger partial charge in [0.25, 0.3) is 5.91 Å². The van der Waals surface area contributed by atoms with Gasteiger partial charge in [-0.25, -0.2) is 4.98 Å². The topological polar surface area (TPSA) is 125 Å². The molecule has 0 radical (unpaired) electrons. The lowest BCUT2D eigenvalue weighted by molar-refractivity contribution is -0.138. The number of aryl methyl sites for hydroxylation is 1. The summed E-state index contributed by atoms with van der Waals surface area (Å²) in [5.74, 6) is 6.34. The fraction of sp³-hybridized carbons (Fsp3) is 0.450. The summed E-state index contributed by atoms with van der Waals surface area (Å²) in [6.45, 7) is 9.68. The van der Waals surface area contributed by atoms with Gasteiger partial charge < -0.3 is 39.6 Å². The number of piperazine rings is 1. The Balaban J connectivity index is 1.11. The second-order valence-corrected chi connectivity index (χ2v) is 13.0. The van der Waals surface area contributed by atoms with Crippen molar-refractivity contribution in [3.63, 3.8) is 0 Å². The van der Waals surface area contributed by atoms with Gasteiger partial charge in [0.15, 0.2) is 0 Å². The highest BCUT2D eigenvalue weighted by Gasteiger charge is 2.34. The number of likely N-dealkylation sites (N-methyl/N-ethyl adjacent to an activating group) is 1. The van der Waals surface area contributed by atoms with Gasteiger partial charge >= 0.3 is 6.18 Å². The van der Waals surface area contributed by atoms with Crippen LogP contribution >= 0.6 is 0 Å². The fourth-order valence-electron chi connectivity index (χ4n) is 5.74. The molecule has 0 saturated carbocycles. The first kappa shape index (κ1) is 41.6. The summed E-state index contributed by atoms with van der Waals surface area (Å²) in [5, 5.41) is 2.64. The monoisotopic (exact) mass is 766 g/mol. The highest BCUT2D eigenvalue weighted by atomic mass is 19.4. The number of imidazole rings is 1. The van der Waals surface area contributed by atoms with Gasteiger partial charge in [-0.05, 0) is 61.4 Å². The molecule has 55 heavy (non-hydrogen) atoms. The number of anilines is 1. The van der Waals surface area contributed by atoms with Crippen molar-refractivity contribution >= 4 is 17.2 Å². The minimum absolute atomic E-state index is 0.0679. The van der Waals surface area contributed by atoms with Crippen LogP contribution in [0.1, 0.15) is 38.3 Å². The number of carbonyl (C=O) groups excluding carboxylic acids is 1. The number of rotatable bonds is 19. The number of alkyl halides is 3. The lowest BCUT2D eigenvalue weighted by Gasteiger charge is -2.33. The highest BCUT2D eigenvalue weighted by molar-refractivity contribution is 6.04. The van der Waals surface area contributed by atoms with E-state index in [0.717, 1.165) is 24.7 Å². The van der Waals surface area contributed by atoms with E-state index >= 15 is 0 Å². The number of aromatic nitrogens is 2. The molecule has 1 aliphatic heterocycles. The highest BCUT2D eigenvalue weighted by Crippen LogP contribution is 2.35. The molecular weight excluding hydrogens is 717 g/mol. The number of hydrogen-bond acceptors (Lipinski definition) is 10. The van der Waals surface area contributed by atoms with Gasteiger partial charge in [0.2, 0.25) is 0 Å². The molecular formula is C40H49F3N6O6. The van der Waals surface area contributed by atoms with E-state index in [1.807, 2.05) is 35.5 Å². The van der Waals surface area contributed by atoms with Gasteiger partial charge in [-0.15, -0.1) is 0 Å². The third kappa shape index (κ3) is 13.0. The van der Waals surface area contributed by atoms with Gasteiger partial charge in [-0.3, -0.25) is 14.1 Å². The normalized spacial score (nSPS) is 13.9. The van der Waals surface area contributed by atoms with Crippen LogP contribution < -0.4 is 15.8 Å². The van der Waals surface area contributed by atoms with E-state index in [1.165, 1.54) is 12.1 Å². The summed E-state index contributed by atoms with van der Waals surface area (Å²) in [6.07, 6.45) is -1.11. The number of nitrogens with two attached hydrogens (primary N) is 1. The Labute approximate surface area is 319 Å². The summed E-state index contributed by atoms with van der Waals surface area (Å²) in [6, 6.07) is 12.6. The molecule has 0 bridgehead atoms. The zero-order valence-corrected chi connectivity index (χ0v) is 31.3. The molecule has 1 fully saturated rings. The number of pyridine rings is 1. The molecule has 1 aliphatic rings. The Bertz CT molecular complexity index is 1900. The molecule has 2 aromatic carbocycles. The number of amides is 1. The third-order valence-electron chi connectivity index (χ3n) is 8.85. The number of nitrogens with zero attached hydrogens (tertiary/aromatic N) is 4. The predicted octanol–water partition coefficient (Wildman–Crippen LogP) is 4.46. The summed E-state index contributed by atoms with van der Waals surface area (Å²) in [4.78, 5) is 21.8. The molecule has 296 valence electrons. The van der Waals surface area contributed by atoms with Gasteiger partial charge in [0.1, 0.15) is 23.7 Å². The number of fused-ring (bicyclic) bond motifs is 1. The largest absolute Gasteiger partial charge is 0.491 e. The molecule has 1 saturated heterocycles. The van der Waals surface area contributed by atoms with E-state index in [-0.39, 0.29) is 23.4 Å². The van der Waals surface area contributed by atoms with Crippen LogP contribution in [0, 0.1) is 18.8 Å². The predicted molar refractivity (Wildman–Crippen MR) is 202 cm³/mol. The Morgan fingerprint density at radius 1 is 0.855 bits per heavy atom. The molecule has 4 aromatic rings. The van der Waals surface area contributed by atoms with Gasteiger partial charge in [0.05, 0.1) is 64.6 Å². The van der Waals surface area contributed by atoms with Crippen LogP contribution in [-0.2, 0) is 31.7 Å². The van der Waals surface area contributed by atoms with Crippen LogP contribution in [0.15, 0.2) is 60.9 Å². The minimum Gasteiger partial charge on any atom is -0.491 e. The van der Waals surface area contributed by atoms with Gasteiger partial charge in [0, 0.05) is 68.3 Å². The molecule has 12 nitrogen and oxygen atoms in total. The maximum absolute atomic E-state index is 14.1. The second kappa shape index (κ2) is 21.0. The average Bonchev–Trinajstić information content (AvgIpc) is 3.57. The van der Waals surface area contributed by atoms with E-state index in [9.17, 15) is 18.0 Å². The van der Waals surface area contributed by atoms with Gasteiger partial charge in [-0.1, -0.05) is 18.1 Å². The van der Waals surface area contributed by atoms with Crippen molar-refractivity contribution in [3.05, 3.63) is 94.4 Å². The quantitative estimate of drug-likeness (QED) is 0.104. The number of benzene rings is 2. The number of nitrogens with one attached hydrogen (secondary N) is 1. The Kier molecular flexibility index (Phi) is 15.9. The van der Waals surface area contributed by atoms with Crippen molar-refractivity contribution in [1.82, 2.24) is 19.2 Å². The van der Waals surface area contributed by atoms with E-state index in [0.29, 0.717) is 102 Å². The average molecular weight is 767 g/mol. The molecule has 3 N–H and O–H groups in total. The number of ether oxygens (including phenoxy) is 5. The van der Waals surface area contributed by atoms with E-state index in [4.69, 9.17) is 29.4 Å². The first-order valence-corrected chi connectivity index (χ1v) is 18.3. The van der Waals surface area contributed by atoms with Crippen LogP contribution in [0.4, 0.5) is 18.9 Å². The minimum atomic E-state index is -4.56. The van der Waals surface area contributed by atoms with Crippen molar-refractivity contribution in [3.8, 4) is 17.6 Å². The van der Waals surface area contributed by atoms with Crippen LogP contribution in [-0.4, -0.2) is 124 Å². The third-order valence-corrected chi connectivity index (χ3v) is 8.85. The summed E-state index contributed by atoms with van der Waals surface area (Å²) >= 11 is 0.